The summed E-state index contributed by atoms with van der Waals surface area (Å²) in [4.78, 5) is 23.6. The highest BCUT2D eigenvalue weighted by atomic mass is 16.5. The third-order valence-electron chi connectivity index (χ3n) is 6.20. The van der Waals surface area contributed by atoms with Gasteiger partial charge in [0, 0.05) is 5.57 Å². The zero-order valence-electron chi connectivity index (χ0n) is 14.1. The van der Waals surface area contributed by atoms with Gasteiger partial charge in [-0.25, -0.2) is 4.79 Å². The standard InChI is InChI=1S/C18H26O5/c1-12(13(19)20)4-5-16-6-15(2)7-17(9-16,14(21)23-3)11-18(22,8-15)10-16/h4,22H,5-11H2,1-3H3,(H,19,20). The number of esters is 1. The average molecular weight is 322 g/mol. The number of allylic oxidation sites excluding steroid dienone is 1. The van der Waals surface area contributed by atoms with Gasteiger partial charge in [-0.2, -0.15) is 0 Å². The summed E-state index contributed by atoms with van der Waals surface area (Å²) in [5.74, 6) is -1.13. The largest absolute Gasteiger partial charge is 0.478 e. The fraction of sp³-hybridized carbons (Fsp3) is 0.778. The molecule has 4 saturated carbocycles. The summed E-state index contributed by atoms with van der Waals surface area (Å²) in [7, 11) is 1.41. The highest BCUT2D eigenvalue weighted by Crippen LogP contribution is 2.72. The van der Waals surface area contributed by atoms with Crippen LogP contribution >= 0.6 is 0 Å². The molecule has 0 radical (unpaired) electrons. The summed E-state index contributed by atoms with van der Waals surface area (Å²) in [5.41, 5.74) is -1.41. The maximum atomic E-state index is 12.5. The van der Waals surface area contributed by atoms with Gasteiger partial charge in [-0.3, -0.25) is 4.79 Å². The second-order valence-electron chi connectivity index (χ2n) is 8.76. The molecule has 0 aromatic rings. The lowest BCUT2D eigenvalue weighted by Crippen LogP contribution is -2.65. The van der Waals surface area contributed by atoms with Crippen LogP contribution in [0, 0.1) is 16.2 Å². The second kappa shape index (κ2) is 4.82. The Morgan fingerprint density at radius 2 is 1.83 bits per heavy atom. The lowest BCUT2D eigenvalue weighted by atomic mass is 9.38. The van der Waals surface area contributed by atoms with Crippen molar-refractivity contribution in [1.29, 1.82) is 0 Å². The Balaban J connectivity index is 1.98. The average Bonchev–Trinajstić information content (AvgIpc) is 2.39. The van der Waals surface area contributed by atoms with Gasteiger partial charge >= 0.3 is 11.9 Å². The van der Waals surface area contributed by atoms with Crippen LogP contribution in [0.4, 0.5) is 0 Å². The highest BCUT2D eigenvalue weighted by molar-refractivity contribution is 5.85. The van der Waals surface area contributed by atoms with Crippen molar-refractivity contribution in [1.82, 2.24) is 0 Å². The monoisotopic (exact) mass is 322 g/mol. The van der Waals surface area contributed by atoms with Crippen LogP contribution < -0.4 is 0 Å². The van der Waals surface area contributed by atoms with Crippen LogP contribution in [0.1, 0.15) is 58.8 Å². The molecule has 0 aromatic carbocycles. The number of aliphatic carboxylic acids is 1. The number of carbonyl (C=O) groups excluding carboxylic acids is 1. The van der Waals surface area contributed by atoms with Crippen molar-refractivity contribution < 1.29 is 24.5 Å². The van der Waals surface area contributed by atoms with Crippen molar-refractivity contribution in [2.75, 3.05) is 7.11 Å². The molecule has 2 N–H and O–H groups in total. The van der Waals surface area contributed by atoms with E-state index in [4.69, 9.17) is 9.84 Å². The summed E-state index contributed by atoms with van der Waals surface area (Å²) in [6, 6.07) is 0. The van der Waals surface area contributed by atoms with E-state index >= 15 is 0 Å². The van der Waals surface area contributed by atoms with Crippen molar-refractivity contribution in [3.8, 4) is 0 Å². The number of rotatable bonds is 4. The predicted molar refractivity (Wildman–Crippen MR) is 83.7 cm³/mol. The van der Waals surface area contributed by atoms with Gasteiger partial charge in [0.2, 0.25) is 0 Å². The van der Waals surface area contributed by atoms with Gasteiger partial charge in [0.15, 0.2) is 0 Å². The van der Waals surface area contributed by atoms with E-state index in [1.807, 2.05) is 0 Å². The number of hydrogen-bond acceptors (Lipinski definition) is 4. The molecule has 0 amide bonds. The van der Waals surface area contributed by atoms with Crippen LogP contribution in [0.25, 0.3) is 0 Å². The molecule has 0 saturated heterocycles. The third kappa shape index (κ3) is 2.59. The molecule has 0 aliphatic heterocycles. The number of aliphatic hydroxyl groups is 1. The minimum atomic E-state index is -0.915. The van der Waals surface area contributed by atoms with Crippen molar-refractivity contribution >= 4 is 11.9 Å². The van der Waals surface area contributed by atoms with E-state index in [1.54, 1.807) is 13.0 Å². The Hall–Kier alpha value is -1.36. The number of carbonyl (C=O) groups is 2. The molecule has 4 aliphatic carbocycles. The molecule has 128 valence electrons. The van der Waals surface area contributed by atoms with Crippen molar-refractivity contribution in [3.63, 3.8) is 0 Å². The smallest absolute Gasteiger partial charge is 0.330 e. The zero-order chi connectivity index (χ0) is 17.1. The summed E-state index contributed by atoms with van der Waals surface area (Å²) >= 11 is 0. The van der Waals surface area contributed by atoms with Gasteiger partial charge in [0.05, 0.1) is 18.1 Å². The van der Waals surface area contributed by atoms with Gasteiger partial charge < -0.3 is 14.9 Å². The Labute approximate surface area is 136 Å². The van der Waals surface area contributed by atoms with Crippen molar-refractivity contribution in [3.05, 3.63) is 11.6 Å². The minimum Gasteiger partial charge on any atom is -0.478 e. The summed E-state index contributed by atoms with van der Waals surface area (Å²) in [6.45, 7) is 3.74. The quantitative estimate of drug-likeness (QED) is 0.614. The number of carboxylic acid groups (broad SMARTS) is 1. The van der Waals surface area contributed by atoms with E-state index in [9.17, 15) is 14.7 Å². The van der Waals surface area contributed by atoms with E-state index in [2.05, 4.69) is 6.92 Å². The molecule has 5 heteroatoms. The fourth-order valence-electron chi connectivity index (χ4n) is 6.42. The highest BCUT2D eigenvalue weighted by Gasteiger charge is 2.68. The van der Waals surface area contributed by atoms with Gasteiger partial charge in [-0.05, 0) is 62.7 Å². The van der Waals surface area contributed by atoms with Gasteiger partial charge in [-0.15, -0.1) is 0 Å². The lowest BCUT2D eigenvalue weighted by molar-refractivity contribution is -0.236. The number of methoxy groups -OCH3 is 1. The first-order chi connectivity index (χ1) is 10.6. The molecule has 23 heavy (non-hydrogen) atoms. The van der Waals surface area contributed by atoms with Crippen LogP contribution in [0.5, 0.6) is 0 Å². The maximum Gasteiger partial charge on any atom is 0.330 e. The molecule has 5 nitrogen and oxygen atoms in total. The van der Waals surface area contributed by atoms with E-state index in [-0.39, 0.29) is 16.8 Å². The Bertz CT molecular complexity index is 572. The predicted octanol–water partition coefficient (Wildman–Crippen LogP) is 2.67. The lowest BCUT2D eigenvalue weighted by Gasteiger charge is -2.67. The Kier molecular flexibility index (Phi) is 3.46. The summed E-state index contributed by atoms with van der Waals surface area (Å²) < 4.78 is 5.07. The molecule has 4 aliphatic rings. The topological polar surface area (TPSA) is 83.8 Å². The molecule has 0 aromatic heterocycles. The van der Waals surface area contributed by atoms with Gasteiger partial charge in [0.25, 0.3) is 0 Å². The van der Waals surface area contributed by atoms with Gasteiger partial charge in [0.1, 0.15) is 0 Å². The fourth-order valence-corrected chi connectivity index (χ4v) is 6.42. The molecule has 0 spiro atoms. The maximum absolute atomic E-state index is 12.5. The first-order valence-electron chi connectivity index (χ1n) is 8.26. The van der Waals surface area contributed by atoms with E-state index < -0.39 is 17.0 Å². The SMILES string of the molecule is COC(=O)C12CC3(C)CC(O)(CC(CC=C(C)C(=O)O)(C3)C1)C2. The van der Waals surface area contributed by atoms with E-state index in [1.165, 1.54) is 7.11 Å². The molecule has 4 fully saturated rings. The van der Waals surface area contributed by atoms with Crippen LogP contribution in [-0.2, 0) is 14.3 Å². The summed E-state index contributed by atoms with van der Waals surface area (Å²) in [6.07, 6.45) is 6.59. The second-order valence-corrected chi connectivity index (χ2v) is 8.76. The van der Waals surface area contributed by atoms with Crippen molar-refractivity contribution in [2.45, 2.75) is 64.4 Å². The molecule has 0 heterocycles. The van der Waals surface area contributed by atoms with Crippen LogP contribution in [-0.4, -0.2) is 34.9 Å². The zero-order valence-corrected chi connectivity index (χ0v) is 14.1. The van der Waals surface area contributed by atoms with Gasteiger partial charge in [-0.1, -0.05) is 13.0 Å². The number of ether oxygens (including phenoxy) is 1. The molecule has 4 unspecified atom stereocenters. The minimum absolute atomic E-state index is 0.0807. The van der Waals surface area contributed by atoms with Crippen LogP contribution in [0.15, 0.2) is 11.6 Å². The summed E-state index contributed by atoms with van der Waals surface area (Å²) in [5, 5.41) is 20.2. The van der Waals surface area contributed by atoms with Crippen LogP contribution in [0.2, 0.25) is 0 Å². The number of carboxylic acids is 1. The normalized spacial score (nSPS) is 45.1. The molecular weight excluding hydrogens is 296 g/mol. The molecular formula is C18H26O5. The number of hydrogen-bond donors (Lipinski definition) is 2. The first kappa shape index (κ1) is 16.5. The Morgan fingerprint density at radius 1 is 1.13 bits per heavy atom. The third-order valence-corrected chi connectivity index (χ3v) is 6.20. The van der Waals surface area contributed by atoms with E-state index in [0.717, 1.165) is 19.3 Å². The van der Waals surface area contributed by atoms with E-state index in [0.29, 0.717) is 31.3 Å². The molecule has 4 atom stereocenters. The first-order valence-corrected chi connectivity index (χ1v) is 8.26. The molecule has 4 bridgehead atoms. The van der Waals surface area contributed by atoms with Crippen LogP contribution in [0.3, 0.4) is 0 Å². The van der Waals surface area contributed by atoms with Crippen molar-refractivity contribution in [2.24, 2.45) is 16.2 Å². The Morgan fingerprint density at radius 3 is 2.39 bits per heavy atom. The molecule has 4 rings (SSSR count).